The summed E-state index contributed by atoms with van der Waals surface area (Å²) in [4.78, 5) is 39.7. The molecule has 0 bridgehead atoms. The minimum Gasteiger partial charge on any atom is -0.497 e. The molecule has 9 nitrogen and oxygen atoms in total. The molecule has 0 atom stereocenters. The third-order valence-electron chi connectivity index (χ3n) is 6.98. The number of benzene rings is 1. The molecule has 1 amide bonds. The second-order valence-electron chi connectivity index (χ2n) is 8.91. The zero-order valence-corrected chi connectivity index (χ0v) is 19.2. The molecular formula is C24H30N6O3. The van der Waals surface area contributed by atoms with Crippen molar-refractivity contribution in [3.05, 3.63) is 40.9 Å². The topological polar surface area (TPSA) is 85.5 Å². The third kappa shape index (κ3) is 4.01. The van der Waals surface area contributed by atoms with Crippen molar-refractivity contribution in [1.29, 1.82) is 0 Å². The van der Waals surface area contributed by atoms with Gasteiger partial charge in [-0.2, -0.15) is 0 Å². The van der Waals surface area contributed by atoms with Gasteiger partial charge in [0.15, 0.2) is 11.5 Å². The van der Waals surface area contributed by atoms with E-state index in [1.54, 1.807) is 25.3 Å². The fraction of sp³-hybridized carbons (Fsp3) is 0.500. The van der Waals surface area contributed by atoms with Gasteiger partial charge in [0.25, 0.3) is 0 Å². The highest BCUT2D eigenvalue weighted by molar-refractivity contribution is 5.88. The van der Waals surface area contributed by atoms with E-state index in [2.05, 4.69) is 14.9 Å². The molecule has 0 N–H and O–H groups in total. The Hall–Kier alpha value is -3.20. The Morgan fingerprint density at radius 3 is 2.58 bits per heavy atom. The maximum absolute atomic E-state index is 13.4. The average molecular weight is 451 g/mol. The zero-order chi connectivity index (χ0) is 22.9. The van der Waals surface area contributed by atoms with E-state index in [1.165, 1.54) is 41.2 Å². The number of nitrogens with zero attached hydrogens (tertiary/aromatic N) is 6. The summed E-state index contributed by atoms with van der Waals surface area (Å²) in [5, 5.41) is 0. The summed E-state index contributed by atoms with van der Waals surface area (Å²) >= 11 is 0. The normalized spacial score (nSPS) is 18.1. The third-order valence-corrected chi connectivity index (χ3v) is 6.98. The van der Waals surface area contributed by atoms with Gasteiger partial charge in [-0.05, 0) is 25.0 Å². The van der Waals surface area contributed by atoms with Crippen LogP contribution in [0.25, 0.3) is 22.6 Å². The molecule has 1 aromatic carbocycles. The Kier molecular flexibility index (Phi) is 5.88. The predicted octanol–water partition coefficient (Wildman–Crippen LogP) is 2.72. The number of hydrogen-bond donors (Lipinski definition) is 0. The van der Waals surface area contributed by atoms with Crippen LogP contribution < -0.4 is 10.4 Å². The standard InChI is InChI=1S/C24H30N6O3/c1-27-22-20(16-25-21(26-22)17-7-6-10-19(15-17)33-2)30(23(27)31)24(32)29-13-11-28(12-14-29)18-8-4-3-5-9-18/h6-7,10,15-16,18H,3-5,8-9,11-14H2,1-2H3. The predicted molar refractivity (Wildman–Crippen MR) is 126 cm³/mol. The van der Waals surface area contributed by atoms with Crippen LogP contribution in [0.2, 0.25) is 0 Å². The molecule has 33 heavy (non-hydrogen) atoms. The highest BCUT2D eigenvalue weighted by Gasteiger charge is 2.29. The van der Waals surface area contributed by atoms with Crippen LogP contribution in [0.4, 0.5) is 4.79 Å². The van der Waals surface area contributed by atoms with E-state index in [0.29, 0.717) is 41.9 Å². The Labute approximate surface area is 192 Å². The lowest BCUT2D eigenvalue weighted by Crippen LogP contribution is -2.54. The number of carbonyl (C=O) groups is 1. The molecular weight excluding hydrogens is 420 g/mol. The van der Waals surface area contributed by atoms with Crippen molar-refractivity contribution < 1.29 is 9.53 Å². The summed E-state index contributed by atoms with van der Waals surface area (Å²) in [6, 6.07) is 7.78. The number of hydrogen-bond acceptors (Lipinski definition) is 6. The molecule has 2 fully saturated rings. The first-order valence-electron chi connectivity index (χ1n) is 11.7. The fourth-order valence-electron chi connectivity index (χ4n) is 5.07. The Morgan fingerprint density at radius 2 is 1.85 bits per heavy atom. The number of carbonyl (C=O) groups excluding carboxylic acids is 1. The first kappa shape index (κ1) is 21.6. The van der Waals surface area contributed by atoms with Gasteiger partial charge in [-0.1, -0.05) is 31.4 Å². The van der Waals surface area contributed by atoms with E-state index >= 15 is 0 Å². The molecule has 2 aliphatic rings. The van der Waals surface area contributed by atoms with Crippen molar-refractivity contribution in [2.45, 2.75) is 38.1 Å². The number of ether oxygens (including phenoxy) is 1. The van der Waals surface area contributed by atoms with Crippen molar-refractivity contribution >= 4 is 17.2 Å². The van der Waals surface area contributed by atoms with Crippen molar-refractivity contribution in [1.82, 2.24) is 28.9 Å². The molecule has 1 saturated heterocycles. The lowest BCUT2D eigenvalue weighted by atomic mass is 9.94. The molecule has 0 unspecified atom stereocenters. The summed E-state index contributed by atoms with van der Waals surface area (Å²) < 4.78 is 7.91. The monoisotopic (exact) mass is 450 g/mol. The number of aryl methyl sites for hydroxylation is 1. The van der Waals surface area contributed by atoms with Gasteiger partial charge in [0.1, 0.15) is 11.3 Å². The fourth-order valence-corrected chi connectivity index (χ4v) is 5.07. The number of aromatic nitrogens is 4. The molecule has 3 aromatic rings. The molecule has 0 spiro atoms. The van der Waals surface area contributed by atoms with Crippen LogP contribution in [0.15, 0.2) is 35.3 Å². The minimum atomic E-state index is -0.401. The number of rotatable bonds is 3. The smallest absolute Gasteiger partial charge is 0.338 e. The second kappa shape index (κ2) is 8.97. The lowest BCUT2D eigenvalue weighted by molar-refractivity contribution is 0.0910. The summed E-state index contributed by atoms with van der Waals surface area (Å²) in [7, 11) is 3.24. The van der Waals surface area contributed by atoms with E-state index < -0.39 is 5.69 Å². The molecule has 2 aromatic heterocycles. The summed E-state index contributed by atoms with van der Waals surface area (Å²) in [5.41, 5.74) is 1.24. The van der Waals surface area contributed by atoms with E-state index in [4.69, 9.17) is 4.74 Å². The number of fused-ring (bicyclic) bond motifs is 1. The maximum atomic E-state index is 13.4. The molecule has 3 heterocycles. The summed E-state index contributed by atoms with van der Waals surface area (Å²) in [6.07, 6.45) is 8.00. The van der Waals surface area contributed by atoms with Gasteiger partial charge in [0.2, 0.25) is 0 Å². The average Bonchev–Trinajstić information content (AvgIpc) is 3.13. The number of amides is 1. The molecule has 174 valence electrons. The second-order valence-corrected chi connectivity index (χ2v) is 8.91. The van der Waals surface area contributed by atoms with Gasteiger partial charge < -0.3 is 9.64 Å². The van der Waals surface area contributed by atoms with Crippen molar-refractivity contribution in [2.24, 2.45) is 7.05 Å². The summed E-state index contributed by atoms with van der Waals surface area (Å²) in [5.74, 6) is 1.17. The number of methoxy groups -OCH3 is 1. The highest BCUT2D eigenvalue weighted by Crippen LogP contribution is 2.25. The van der Waals surface area contributed by atoms with Crippen LogP contribution in [0, 0.1) is 0 Å². The van der Waals surface area contributed by atoms with Gasteiger partial charge in [0, 0.05) is 44.8 Å². The quantitative estimate of drug-likeness (QED) is 0.610. The molecule has 0 radical (unpaired) electrons. The SMILES string of the molecule is COc1cccc(-c2ncc3c(n2)n(C)c(=O)n3C(=O)N2CCN(C3CCCCC3)CC2)c1. The van der Waals surface area contributed by atoms with Crippen molar-refractivity contribution in [3.8, 4) is 17.1 Å². The number of imidazole rings is 1. The van der Waals surface area contributed by atoms with Crippen LogP contribution in [-0.4, -0.2) is 74.3 Å². The van der Waals surface area contributed by atoms with Gasteiger partial charge in [-0.25, -0.2) is 24.1 Å². The van der Waals surface area contributed by atoms with Gasteiger partial charge in [-0.3, -0.25) is 9.47 Å². The number of piperazine rings is 1. The Morgan fingerprint density at radius 1 is 1.09 bits per heavy atom. The van der Waals surface area contributed by atoms with E-state index in [0.717, 1.165) is 18.7 Å². The minimum absolute atomic E-state index is 0.299. The van der Waals surface area contributed by atoms with Gasteiger partial charge in [-0.15, -0.1) is 0 Å². The molecule has 5 rings (SSSR count). The molecule has 1 aliphatic heterocycles. The van der Waals surface area contributed by atoms with E-state index in [-0.39, 0.29) is 6.03 Å². The zero-order valence-electron chi connectivity index (χ0n) is 19.2. The summed E-state index contributed by atoms with van der Waals surface area (Å²) in [6.45, 7) is 2.96. The van der Waals surface area contributed by atoms with Crippen LogP contribution >= 0.6 is 0 Å². The van der Waals surface area contributed by atoms with Crippen molar-refractivity contribution in [3.63, 3.8) is 0 Å². The maximum Gasteiger partial charge on any atom is 0.338 e. The lowest BCUT2D eigenvalue weighted by Gasteiger charge is -2.40. The van der Waals surface area contributed by atoms with Gasteiger partial charge >= 0.3 is 11.7 Å². The Balaban J connectivity index is 1.39. The first-order chi connectivity index (χ1) is 16.1. The van der Waals surface area contributed by atoms with Crippen LogP contribution in [0.5, 0.6) is 5.75 Å². The molecule has 1 aliphatic carbocycles. The van der Waals surface area contributed by atoms with E-state index in [1.807, 2.05) is 24.3 Å². The Bertz CT molecular complexity index is 1220. The van der Waals surface area contributed by atoms with E-state index in [9.17, 15) is 9.59 Å². The van der Waals surface area contributed by atoms with Crippen LogP contribution in [0.1, 0.15) is 32.1 Å². The van der Waals surface area contributed by atoms with Crippen LogP contribution in [-0.2, 0) is 7.05 Å². The molecule has 9 heteroatoms. The molecule has 1 saturated carbocycles. The highest BCUT2D eigenvalue weighted by atomic mass is 16.5. The van der Waals surface area contributed by atoms with Crippen LogP contribution in [0.3, 0.4) is 0 Å². The first-order valence-corrected chi connectivity index (χ1v) is 11.7. The largest absolute Gasteiger partial charge is 0.497 e. The van der Waals surface area contributed by atoms with Crippen molar-refractivity contribution in [2.75, 3.05) is 33.3 Å². The van der Waals surface area contributed by atoms with Gasteiger partial charge in [0.05, 0.1) is 13.3 Å².